The quantitative estimate of drug-likeness (QED) is 0.513. The summed E-state index contributed by atoms with van der Waals surface area (Å²) in [5, 5.41) is 0. The summed E-state index contributed by atoms with van der Waals surface area (Å²) < 4.78 is 0. The molecule has 0 radical (unpaired) electrons. The van der Waals surface area contributed by atoms with Gasteiger partial charge in [-0.2, -0.15) is 0 Å². The standard InChI is InChI=1S/C8H13N/c1-2-9-7-3-4-8(9)5-6-8/h2H,1,3-7H2. The fourth-order valence-electron chi connectivity index (χ4n) is 1.93. The molecular weight excluding hydrogens is 110 g/mol. The summed E-state index contributed by atoms with van der Waals surface area (Å²) in [5.41, 5.74) is 0.627. The molecule has 0 aromatic rings. The molecule has 0 bridgehead atoms. The van der Waals surface area contributed by atoms with Crippen LogP contribution in [0.15, 0.2) is 12.8 Å². The van der Waals surface area contributed by atoms with Crippen molar-refractivity contribution in [2.24, 2.45) is 0 Å². The first-order chi connectivity index (χ1) is 4.37. The summed E-state index contributed by atoms with van der Waals surface area (Å²) in [6.45, 7) is 5.06. The van der Waals surface area contributed by atoms with Gasteiger partial charge >= 0.3 is 0 Å². The maximum atomic E-state index is 3.80. The Kier molecular flexibility index (Phi) is 0.904. The van der Waals surface area contributed by atoms with E-state index in [4.69, 9.17) is 0 Å². The van der Waals surface area contributed by atoms with Gasteiger partial charge in [-0.1, -0.05) is 6.58 Å². The maximum Gasteiger partial charge on any atom is 0.0399 e. The highest BCUT2D eigenvalue weighted by Gasteiger charge is 2.49. The van der Waals surface area contributed by atoms with Crippen LogP contribution in [0.25, 0.3) is 0 Å². The lowest BCUT2D eigenvalue weighted by Crippen LogP contribution is -2.24. The predicted octanol–water partition coefficient (Wildman–Crippen LogP) is 1.76. The molecule has 1 aliphatic carbocycles. The molecule has 0 atom stereocenters. The van der Waals surface area contributed by atoms with Gasteiger partial charge < -0.3 is 4.90 Å². The van der Waals surface area contributed by atoms with Crippen molar-refractivity contribution in [3.63, 3.8) is 0 Å². The Bertz CT molecular complexity index is 136. The normalized spacial score (nSPS) is 29.1. The van der Waals surface area contributed by atoms with E-state index in [0.29, 0.717) is 5.54 Å². The van der Waals surface area contributed by atoms with Crippen LogP contribution in [-0.4, -0.2) is 17.0 Å². The van der Waals surface area contributed by atoms with E-state index in [1.165, 1.54) is 32.2 Å². The first kappa shape index (κ1) is 5.33. The molecule has 0 aromatic carbocycles. The van der Waals surface area contributed by atoms with Gasteiger partial charge in [-0.3, -0.25) is 0 Å². The molecule has 1 saturated carbocycles. The molecule has 1 heteroatoms. The zero-order chi connectivity index (χ0) is 6.32. The van der Waals surface area contributed by atoms with Crippen molar-refractivity contribution in [2.75, 3.05) is 6.54 Å². The Morgan fingerprint density at radius 1 is 1.33 bits per heavy atom. The minimum atomic E-state index is 0.627. The summed E-state index contributed by atoms with van der Waals surface area (Å²) >= 11 is 0. The molecular formula is C8H13N. The highest BCUT2D eigenvalue weighted by molar-refractivity contribution is 5.09. The van der Waals surface area contributed by atoms with Crippen molar-refractivity contribution in [1.82, 2.24) is 4.90 Å². The highest BCUT2D eigenvalue weighted by atomic mass is 15.2. The van der Waals surface area contributed by atoms with Gasteiger partial charge in [-0.25, -0.2) is 0 Å². The summed E-state index contributed by atoms with van der Waals surface area (Å²) in [4.78, 5) is 2.42. The van der Waals surface area contributed by atoms with Gasteiger partial charge in [0.2, 0.25) is 0 Å². The van der Waals surface area contributed by atoms with Gasteiger partial charge in [0.15, 0.2) is 0 Å². The van der Waals surface area contributed by atoms with Crippen LogP contribution in [0.3, 0.4) is 0 Å². The van der Waals surface area contributed by atoms with E-state index in [0.717, 1.165) is 0 Å². The van der Waals surface area contributed by atoms with Gasteiger partial charge in [0.1, 0.15) is 0 Å². The van der Waals surface area contributed by atoms with E-state index in [1.807, 2.05) is 6.20 Å². The minimum absolute atomic E-state index is 0.627. The zero-order valence-corrected chi connectivity index (χ0v) is 5.77. The first-order valence-electron chi connectivity index (χ1n) is 3.77. The van der Waals surface area contributed by atoms with Gasteiger partial charge in [-0.15, -0.1) is 0 Å². The molecule has 0 amide bonds. The van der Waals surface area contributed by atoms with Crippen LogP contribution < -0.4 is 0 Å². The van der Waals surface area contributed by atoms with Crippen LogP contribution >= 0.6 is 0 Å². The van der Waals surface area contributed by atoms with Gasteiger partial charge in [-0.05, 0) is 31.9 Å². The van der Waals surface area contributed by atoms with Crippen LogP contribution in [0.2, 0.25) is 0 Å². The van der Waals surface area contributed by atoms with E-state index in [9.17, 15) is 0 Å². The van der Waals surface area contributed by atoms with Crippen molar-refractivity contribution in [3.05, 3.63) is 12.8 Å². The lowest BCUT2D eigenvalue weighted by Gasteiger charge is -2.20. The van der Waals surface area contributed by atoms with Crippen molar-refractivity contribution < 1.29 is 0 Å². The predicted molar refractivity (Wildman–Crippen MR) is 38.1 cm³/mol. The molecule has 1 nitrogen and oxygen atoms in total. The van der Waals surface area contributed by atoms with Crippen LogP contribution in [0.4, 0.5) is 0 Å². The molecule has 0 aromatic heterocycles. The lowest BCUT2D eigenvalue weighted by molar-refractivity contribution is 0.331. The van der Waals surface area contributed by atoms with Crippen LogP contribution in [-0.2, 0) is 0 Å². The number of hydrogen-bond acceptors (Lipinski definition) is 1. The smallest absolute Gasteiger partial charge is 0.0399 e. The molecule has 9 heavy (non-hydrogen) atoms. The Hall–Kier alpha value is -0.460. The van der Waals surface area contributed by atoms with E-state index >= 15 is 0 Å². The Balaban J connectivity index is 2.13. The number of rotatable bonds is 1. The molecule has 2 aliphatic rings. The number of nitrogens with zero attached hydrogens (tertiary/aromatic N) is 1. The molecule has 0 N–H and O–H groups in total. The van der Waals surface area contributed by atoms with E-state index < -0.39 is 0 Å². The van der Waals surface area contributed by atoms with E-state index in [1.54, 1.807) is 0 Å². The van der Waals surface area contributed by atoms with Crippen LogP contribution in [0, 0.1) is 0 Å². The van der Waals surface area contributed by atoms with E-state index in [-0.39, 0.29) is 0 Å². The third-order valence-electron chi connectivity index (χ3n) is 2.70. The van der Waals surface area contributed by atoms with Crippen molar-refractivity contribution in [3.8, 4) is 0 Å². The summed E-state index contributed by atoms with van der Waals surface area (Å²) in [7, 11) is 0. The average Bonchev–Trinajstić information content (AvgIpc) is 2.45. The van der Waals surface area contributed by atoms with E-state index in [2.05, 4.69) is 11.5 Å². The fourth-order valence-corrected chi connectivity index (χ4v) is 1.93. The Morgan fingerprint density at radius 2 is 2.11 bits per heavy atom. The minimum Gasteiger partial charge on any atom is -0.372 e. The third-order valence-corrected chi connectivity index (χ3v) is 2.70. The second-order valence-corrected chi connectivity index (χ2v) is 3.20. The van der Waals surface area contributed by atoms with Crippen molar-refractivity contribution >= 4 is 0 Å². The SMILES string of the molecule is C=CN1CCCC12CC2. The number of hydrogen-bond donors (Lipinski definition) is 0. The topological polar surface area (TPSA) is 3.24 Å². The molecule has 1 aliphatic heterocycles. The first-order valence-corrected chi connectivity index (χ1v) is 3.77. The second kappa shape index (κ2) is 1.53. The lowest BCUT2D eigenvalue weighted by atomic mass is 10.2. The summed E-state index contributed by atoms with van der Waals surface area (Å²) in [5.74, 6) is 0. The van der Waals surface area contributed by atoms with Gasteiger partial charge in [0, 0.05) is 12.1 Å². The number of likely N-dealkylation sites (tertiary alicyclic amines) is 1. The average molecular weight is 123 g/mol. The third kappa shape index (κ3) is 0.606. The van der Waals surface area contributed by atoms with Crippen LogP contribution in [0.1, 0.15) is 25.7 Å². The zero-order valence-electron chi connectivity index (χ0n) is 5.77. The Labute approximate surface area is 56.4 Å². The summed E-state index contributed by atoms with van der Waals surface area (Å²) in [6, 6.07) is 0. The molecule has 1 spiro atoms. The largest absolute Gasteiger partial charge is 0.372 e. The molecule has 2 rings (SSSR count). The van der Waals surface area contributed by atoms with Crippen molar-refractivity contribution in [1.29, 1.82) is 0 Å². The summed E-state index contributed by atoms with van der Waals surface area (Å²) in [6.07, 6.45) is 7.64. The molecule has 1 heterocycles. The van der Waals surface area contributed by atoms with Gasteiger partial charge in [0.05, 0.1) is 0 Å². The fraction of sp³-hybridized carbons (Fsp3) is 0.750. The Morgan fingerprint density at radius 3 is 2.56 bits per heavy atom. The van der Waals surface area contributed by atoms with Gasteiger partial charge in [0.25, 0.3) is 0 Å². The molecule has 50 valence electrons. The second-order valence-electron chi connectivity index (χ2n) is 3.20. The van der Waals surface area contributed by atoms with Crippen LogP contribution in [0.5, 0.6) is 0 Å². The molecule has 0 unspecified atom stereocenters. The molecule has 2 fully saturated rings. The monoisotopic (exact) mass is 123 g/mol. The molecule has 1 saturated heterocycles. The maximum absolute atomic E-state index is 3.80. The highest BCUT2D eigenvalue weighted by Crippen LogP contribution is 2.49. The van der Waals surface area contributed by atoms with Crippen molar-refractivity contribution in [2.45, 2.75) is 31.2 Å².